The fourth-order valence-electron chi connectivity index (χ4n) is 14.8. The summed E-state index contributed by atoms with van der Waals surface area (Å²) < 4.78 is 16.9. The normalized spacial score (nSPS) is 34.5. The first-order valence-electron chi connectivity index (χ1n) is 27.1. The quantitative estimate of drug-likeness (QED) is 0.0817. The van der Waals surface area contributed by atoms with E-state index in [9.17, 15) is 39.0 Å². The zero-order chi connectivity index (χ0) is 51.5. The number of quaternary nitrogens is 1. The van der Waals surface area contributed by atoms with E-state index in [1.807, 2.05) is 41.3 Å². The molecule has 0 radical (unpaired) electrons. The number of nitrogens with zero attached hydrogens (tertiary/aromatic N) is 1. The molecule has 2 amide bonds. The van der Waals surface area contributed by atoms with Crippen LogP contribution < -0.4 is 15.1 Å². The second-order valence-corrected chi connectivity index (χ2v) is 24.3. The predicted octanol–water partition coefficient (Wildman–Crippen LogP) is 6.82. The standard InChI is InChI=1S/C56H79N3O12S/c1-33-11-14-36(15-12-33)53(67)59(38-22-25-58(5)26-23-38)43-30-45(35-9-7-6-8-10-35)72-52(43)54(68)70-32-69-49(65)19-20-50(66)71-39-21-24-55(3)37(27-39)28-44(60)51-41-17-16-40(56(41,4)46(61)29-42(51)55)34(2)13-18-47(62)57-31-48(63)64/h6-10,30,33-34,36-42,44,46,51,60-61H,11-29,31-32H2,1-5H3,(H,57,62)(H,63,64)/p+1/t33?,34-,36?,37?,39-,40?,41?,42?,44-,46+,51?,55+,56-/m1/s1. The van der Waals surface area contributed by atoms with Crippen molar-refractivity contribution in [3.05, 3.63) is 41.3 Å². The van der Waals surface area contributed by atoms with Crippen LogP contribution in [0.3, 0.4) is 0 Å². The maximum atomic E-state index is 14.6. The lowest BCUT2D eigenvalue weighted by atomic mass is 9.43. The Hall–Kier alpha value is -4.38. The molecule has 0 spiro atoms. The number of aliphatic carboxylic acids is 1. The number of benzene rings is 1. The number of nitrogens with one attached hydrogen (secondary N) is 2. The molecule has 5 unspecified atom stereocenters. The Labute approximate surface area is 429 Å². The van der Waals surface area contributed by atoms with E-state index in [1.54, 1.807) is 0 Å². The summed E-state index contributed by atoms with van der Waals surface area (Å²) in [6, 6.07) is 11.6. The summed E-state index contributed by atoms with van der Waals surface area (Å²) in [4.78, 5) is 82.5. The fraction of sp³-hybridized carbons (Fsp3) is 0.714. The molecule has 2 heterocycles. The van der Waals surface area contributed by atoms with Crippen LogP contribution in [-0.2, 0) is 38.2 Å². The van der Waals surface area contributed by atoms with Gasteiger partial charge in [0, 0.05) is 36.1 Å². The molecule has 1 aromatic heterocycles. The van der Waals surface area contributed by atoms with E-state index < -0.39 is 54.8 Å². The molecule has 5 aliphatic carbocycles. The van der Waals surface area contributed by atoms with Gasteiger partial charge in [-0.3, -0.25) is 24.0 Å². The molecule has 8 rings (SSSR count). The van der Waals surface area contributed by atoms with E-state index in [4.69, 9.17) is 19.3 Å². The van der Waals surface area contributed by atoms with Gasteiger partial charge in [0.1, 0.15) is 17.5 Å². The maximum Gasteiger partial charge on any atom is 0.353 e. The number of carbonyl (C=O) groups is 6. The van der Waals surface area contributed by atoms with Gasteiger partial charge in [-0.15, -0.1) is 11.3 Å². The highest BCUT2D eigenvalue weighted by atomic mass is 32.1. The molecule has 2 aromatic rings. The number of carbonyl (C=O) groups excluding carboxylic acids is 5. The van der Waals surface area contributed by atoms with Crippen LogP contribution in [0.25, 0.3) is 10.4 Å². The molecule has 6 fully saturated rings. The minimum Gasteiger partial charge on any atom is -0.480 e. The van der Waals surface area contributed by atoms with Crippen molar-refractivity contribution < 1.29 is 63.2 Å². The Morgan fingerprint density at radius 2 is 1.57 bits per heavy atom. The first-order chi connectivity index (χ1) is 34.4. The molecule has 72 heavy (non-hydrogen) atoms. The summed E-state index contributed by atoms with van der Waals surface area (Å²) in [5, 5.41) is 35.4. The van der Waals surface area contributed by atoms with Crippen molar-refractivity contribution in [1.82, 2.24) is 5.32 Å². The van der Waals surface area contributed by atoms with Gasteiger partial charge in [-0.1, -0.05) is 58.0 Å². The molecule has 1 aliphatic heterocycles. The van der Waals surface area contributed by atoms with Crippen molar-refractivity contribution in [3.63, 3.8) is 0 Å². The number of likely N-dealkylation sites (tertiary alicyclic amines) is 1. The number of rotatable bonds is 17. The van der Waals surface area contributed by atoms with Crippen molar-refractivity contribution in [2.45, 2.75) is 161 Å². The molecule has 5 N–H and O–H groups in total. The topological polar surface area (TPSA) is 211 Å². The number of thiophene rings is 1. The number of aliphatic hydroxyl groups excluding tert-OH is 2. The van der Waals surface area contributed by atoms with Gasteiger partial charge in [0.25, 0.3) is 0 Å². The number of anilines is 1. The summed E-state index contributed by atoms with van der Waals surface area (Å²) in [6.45, 7) is 9.60. The van der Waals surface area contributed by atoms with E-state index in [0.29, 0.717) is 43.7 Å². The number of ether oxygens (including phenoxy) is 3. The SMILES string of the molecule is CC1CCC(C(=O)N(c2cc(-c3ccccc3)sc2C(=O)OCOC(=O)CCC(=O)O[C@@H]2CC[C@@]3(C)C(C2)C[C@@H](O)C2C3C[C@H](O)[C@@]3(C)C2CCC3[C@H](C)CCC(=O)NCC(=O)O)C2CC[NH+](C)CC2)CC1. The summed E-state index contributed by atoms with van der Waals surface area (Å²) in [6.07, 6.45) is 9.05. The van der Waals surface area contributed by atoms with Crippen molar-refractivity contribution in [1.29, 1.82) is 0 Å². The third-order valence-electron chi connectivity index (χ3n) is 19.0. The van der Waals surface area contributed by atoms with Crippen molar-refractivity contribution in [2.24, 2.45) is 58.2 Å². The minimum absolute atomic E-state index is 0.0262. The van der Waals surface area contributed by atoms with E-state index in [2.05, 4.69) is 40.1 Å². The van der Waals surface area contributed by atoms with Gasteiger partial charge in [0.05, 0.1) is 50.9 Å². The average molecular weight is 1020 g/mol. The van der Waals surface area contributed by atoms with Crippen LogP contribution in [-0.4, -0.2) is 109 Å². The van der Waals surface area contributed by atoms with Crippen LogP contribution in [0.5, 0.6) is 0 Å². The van der Waals surface area contributed by atoms with Crippen LogP contribution in [0.15, 0.2) is 36.4 Å². The number of hydrogen-bond acceptors (Lipinski definition) is 12. The van der Waals surface area contributed by atoms with Gasteiger partial charge in [-0.05, 0) is 141 Å². The van der Waals surface area contributed by atoms with Gasteiger partial charge in [-0.2, -0.15) is 0 Å². The molecule has 6 aliphatic rings. The van der Waals surface area contributed by atoms with Crippen molar-refractivity contribution in [2.75, 3.05) is 38.4 Å². The van der Waals surface area contributed by atoms with Gasteiger partial charge >= 0.3 is 23.9 Å². The molecule has 1 saturated heterocycles. The Kier molecular flexibility index (Phi) is 17.2. The Morgan fingerprint density at radius 1 is 0.861 bits per heavy atom. The molecular formula is C56H80N3O12S+. The number of fused-ring (bicyclic) bond motifs is 5. The Morgan fingerprint density at radius 3 is 2.28 bits per heavy atom. The number of amides is 2. The summed E-state index contributed by atoms with van der Waals surface area (Å²) in [5.41, 5.74) is 0.884. The lowest BCUT2D eigenvalue weighted by molar-refractivity contribution is -0.884. The van der Waals surface area contributed by atoms with Crippen LogP contribution in [0.4, 0.5) is 5.69 Å². The molecular weight excluding hydrogens is 939 g/mol. The number of carboxylic acids is 1. The highest BCUT2D eigenvalue weighted by Gasteiger charge is 2.66. The zero-order valence-electron chi connectivity index (χ0n) is 43.1. The van der Waals surface area contributed by atoms with Gasteiger partial charge in [-0.25, -0.2) is 4.79 Å². The van der Waals surface area contributed by atoms with Crippen LogP contribution >= 0.6 is 11.3 Å². The largest absolute Gasteiger partial charge is 0.480 e. The molecule has 396 valence electrons. The third-order valence-corrected chi connectivity index (χ3v) is 20.2. The Bertz CT molecular complexity index is 2260. The number of hydrogen-bond donors (Lipinski definition) is 5. The van der Waals surface area contributed by atoms with E-state index >= 15 is 0 Å². The lowest BCUT2D eigenvalue weighted by Crippen LogP contribution is -3.10. The first-order valence-corrected chi connectivity index (χ1v) is 27.9. The summed E-state index contributed by atoms with van der Waals surface area (Å²) in [5.74, 6) is -2.14. The van der Waals surface area contributed by atoms with E-state index in [1.165, 1.54) is 16.2 Å². The van der Waals surface area contributed by atoms with Crippen molar-refractivity contribution >= 4 is 52.7 Å². The average Bonchev–Trinajstić information content (AvgIpc) is 3.96. The van der Waals surface area contributed by atoms with Crippen LogP contribution in [0.2, 0.25) is 0 Å². The lowest BCUT2D eigenvalue weighted by Gasteiger charge is -2.63. The number of carboxylic acid groups (broad SMARTS) is 1. The smallest absolute Gasteiger partial charge is 0.353 e. The molecule has 5 saturated carbocycles. The highest BCUT2D eigenvalue weighted by molar-refractivity contribution is 7.18. The number of piperidine rings is 1. The molecule has 11 atom stereocenters. The van der Waals surface area contributed by atoms with Crippen LogP contribution in [0.1, 0.15) is 147 Å². The second-order valence-electron chi connectivity index (χ2n) is 23.3. The minimum atomic E-state index is -1.08. The third kappa shape index (κ3) is 11.6. The summed E-state index contributed by atoms with van der Waals surface area (Å²) >= 11 is 1.26. The maximum absolute atomic E-state index is 14.6. The van der Waals surface area contributed by atoms with Crippen LogP contribution in [0, 0.1) is 58.2 Å². The fourth-order valence-corrected chi connectivity index (χ4v) is 15.8. The monoisotopic (exact) mass is 1020 g/mol. The zero-order valence-corrected chi connectivity index (χ0v) is 43.9. The number of aliphatic hydroxyl groups is 2. The first kappa shape index (κ1) is 53.9. The van der Waals surface area contributed by atoms with E-state index in [-0.39, 0.29) is 94.9 Å². The molecule has 16 heteroatoms. The molecule has 0 bridgehead atoms. The predicted molar refractivity (Wildman–Crippen MR) is 271 cm³/mol. The van der Waals surface area contributed by atoms with Crippen molar-refractivity contribution in [3.8, 4) is 10.4 Å². The van der Waals surface area contributed by atoms with Gasteiger partial charge < -0.3 is 44.6 Å². The van der Waals surface area contributed by atoms with Gasteiger partial charge in [0.15, 0.2) is 0 Å². The number of esters is 3. The Balaban J connectivity index is 0.835. The highest BCUT2D eigenvalue weighted by Crippen LogP contribution is 2.68. The molecule has 15 nitrogen and oxygen atoms in total. The summed E-state index contributed by atoms with van der Waals surface area (Å²) in [7, 11) is 2.16. The van der Waals surface area contributed by atoms with E-state index in [0.717, 1.165) is 81.3 Å². The second kappa shape index (κ2) is 23.0. The molecule has 1 aromatic carbocycles. The van der Waals surface area contributed by atoms with Gasteiger partial charge in [0.2, 0.25) is 18.6 Å².